The van der Waals surface area contributed by atoms with E-state index in [0.29, 0.717) is 23.4 Å². The maximum Gasteiger partial charge on any atom is 0.430 e. The number of alkyl halides is 3. The van der Waals surface area contributed by atoms with Gasteiger partial charge >= 0.3 is 6.18 Å². The molecule has 38 heavy (non-hydrogen) atoms. The number of hydrogen-bond acceptors (Lipinski definition) is 5. The van der Waals surface area contributed by atoms with Gasteiger partial charge in [-0.05, 0) is 36.6 Å². The summed E-state index contributed by atoms with van der Waals surface area (Å²) in [6.45, 7) is 2.42. The summed E-state index contributed by atoms with van der Waals surface area (Å²) in [6.07, 6.45) is 1.48. The van der Waals surface area contributed by atoms with Gasteiger partial charge in [-0.25, -0.2) is 0 Å². The van der Waals surface area contributed by atoms with Crippen molar-refractivity contribution in [3.05, 3.63) is 64.6 Å². The normalized spacial score (nSPS) is 13.9. The molecule has 0 aliphatic heterocycles. The van der Waals surface area contributed by atoms with E-state index < -0.39 is 12.1 Å². The Morgan fingerprint density at radius 3 is 2.37 bits per heavy atom. The maximum absolute atomic E-state index is 13.3. The minimum atomic E-state index is -5.19. The first-order chi connectivity index (χ1) is 18.2. The van der Waals surface area contributed by atoms with E-state index in [2.05, 4.69) is 11.4 Å². The molecular formula is C28H30F3N3O4. The lowest BCUT2D eigenvalue weighted by molar-refractivity contribution is -0.661. The molecule has 0 atom stereocenters. The Kier molecular flexibility index (Phi) is 9.91. The molecule has 0 radical (unpaired) electrons. The third kappa shape index (κ3) is 7.13. The second-order valence-corrected chi connectivity index (χ2v) is 9.17. The van der Waals surface area contributed by atoms with Crippen molar-refractivity contribution in [1.82, 2.24) is 4.57 Å². The van der Waals surface area contributed by atoms with Crippen LogP contribution in [0.5, 0.6) is 5.75 Å². The SMILES string of the molecule is COc1ccc2c(=O)n(CC[NH2+]CC3CCCCC3)c(C#N)c(-c3ccccc3)c2c1.O=C([O-])C(F)(F)F. The number of carboxylic acid groups (broad SMARTS) is 1. The molecular weight excluding hydrogens is 499 g/mol. The molecule has 0 unspecified atom stereocenters. The van der Waals surface area contributed by atoms with Crippen molar-refractivity contribution in [3.63, 3.8) is 0 Å². The molecule has 2 aromatic carbocycles. The number of carbonyl (C=O) groups excluding carboxylic acids is 1. The molecule has 1 aromatic heterocycles. The summed E-state index contributed by atoms with van der Waals surface area (Å²) in [6, 6.07) is 17.6. The van der Waals surface area contributed by atoms with Gasteiger partial charge in [-0.3, -0.25) is 9.36 Å². The van der Waals surface area contributed by atoms with Crippen LogP contribution in [0, 0.1) is 17.2 Å². The van der Waals surface area contributed by atoms with Gasteiger partial charge in [0, 0.05) is 22.3 Å². The quantitative estimate of drug-likeness (QED) is 0.473. The lowest BCUT2D eigenvalue weighted by Gasteiger charge is -2.20. The third-order valence-electron chi connectivity index (χ3n) is 6.66. The number of nitrogens with zero attached hydrogens (tertiary/aromatic N) is 2. The van der Waals surface area contributed by atoms with Crippen molar-refractivity contribution in [3.8, 4) is 22.9 Å². The molecule has 1 fully saturated rings. The molecule has 7 nitrogen and oxygen atoms in total. The zero-order chi connectivity index (χ0) is 27.7. The molecule has 10 heteroatoms. The number of hydrogen-bond donors (Lipinski definition) is 1. The summed E-state index contributed by atoms with van der Waals surface area (Å²) >= 11 is 0. The van der Waals surface area contributed by atoms with Gasteiger partial charge in [-0.1, -0.05) is 49.6 Å². The Bertz CT molecular complexity index is 1340. The lowest BCUT2D eigenvalue weighted by atomic mass is 9.89. The number of quaternary nitrogens is 1. The molecule has 4 rings (SSSR count). The molecule has 1 aliphatic carbocycles. The molecule has 3 aromatic rings. The van der Waals surface area contributed by atoms with Crippen LogP contribution >= 0.6 is 0 Å². The highest BCUT2D eigenvalue weighted by Gasteiger charge is 2.28. The van der Waals surface area contributed by atoms with Gasteiger partial charge in [0.2, 0.25) is 0 Å². The Labute approximate surface area is 218 Å². The number of nitriles is 1. The van der Waals surface area contributed by atoms with Crippen LogP contribution in [0.2, 0.25) is 0 Å². The topological polar surface area (TPSA) is 112 Å². The molecule has 202 valence electrons. The van der Waals surface area contributed by atoms with Gasteiger partial charge in [-0.15, -0.1) is 0 Å². The molecule has 0 amide bonds. The molecule has 0 spiro atoms. The average Bonchev–Trinajstić information content (AvgIpc) is 2.92. The number of rotatable bonds is 7. The summed E-state index contributed by atoms with van der Waals surface area (Å²) in [5.74, 6) is -1.55. The number of methoxy groups -OCH3 is 1. The van der Waals surface area contributed by atoms with Gasteiger partial charge in [0.25, 0.3) is 5.56 Å². The van der Waals surface area contributed by atoms with Gasteiger partial charge in [0.15, 0.2) is 0 Å². The molecule has 1 heterocycles. The number of ether oxygens (including phenoxy) is 1. The van der Waals surface area contributed by atoms with E-state index in [1.807, 2.05) is 48.5 Å². The van der Waals surface area contributed by atoms with Crippen LogP contribution in [0.25, 0.3) is 21.9 Å². The van der Waals surface area contributed by atoms with Crippen molar-refractivity contribution in [2.45, 2.75) is 44.8 Å². The number of carbonyl (C=O) groups is 1. The molecule has 0 saturated heterocycles. The summed E-state index contributed by atoms with van der Waals surface area (Å²) in [5, 5.41) is 22.5. The first kappa shape index (κ1) is 28.7. The molecule has 0 bridgehead atoms. The predicted octanol–water partition coefficient (Wildman–Crippen LogP) is 2.99. The largest absolute Gasteiger partial charge is 0.542 e. The first-order valence-electron chi connectivity index (χ1n) is 12.5. The van der Waals surface area contributed by atoms with Crippen LogP contribution in [-0.4, -0.2) is 36.9 Å². The van der Waals surface area contributed by atoms with Crippen LogP contribution in [0.15, 0.2) is 53.3 Å². The summed E-state index contributed by atoms with van der Waals surface area (Å²) < 4.78 is 38.6. The zero-order valence-corrected chi connectivity index (χ0v) is 21.1. The average molecular weight is 530 g/mol. The minimum Gasteiger partial charge on any atom is -0.542 e. The minimum absolute atomic E-state index is 0.111. The van der Waals surface area contributed by atoms with Crippen molar-refractivity contribution in [1.29, 1.82) is 5.26 Å². The summed E-state index contributed by atoms with van der Waals surface area (Å²) in [5.41, 5.74) is 2.03. The number of nitrogens with two attached hydrogens (primary N) is 1. The standard InChI is InChI=1S/C26H29N3O2.C2HF3O2/c1-31-21-12-13-22-23(16-21)25(20-10-6-3-7-11-20)24(17-27)29(26(22)30)15-14-28-18-19-8-4-2-5-9-19;3-2(4,5)1(6)7/h3,6-7,10-13,16,19,28H,2,4-5,8-9,14-15,18H2,1H3;(H,6,7). The molecule has 2 N–H and O–H groups in total. The van der Waals surface area contributed by atoms with Gasteiger partial charge in [-0.2, -0.15) is 18.4 Å². The highest BCUT2D eigenvalue weighted by Crippen LogP contribution is 2.32. The number of carboxylic acids is 1. The Balaban J connectivity index is 0.000000505. The van der Waals surface area contributed by atoms with E-state index in [0.717, 1.165) is 35.5 Å². The Morgan fingerprint density at radius 1 is 1.13 bits per heavy atom. The smallest absolute Gasteiger partial charge is 0.430 e. The zero-order valence-electron chi connectivity index (χ0n) is 21.1. The van der Waals surface area contributed by atoms with E-state index in [4.69, 9.17) is 14.6 Å². The number of aliphatic carboxylic acids is 1. The van der Waals surface area contributed by atoms with Gasteiger partial charge in [0.05, 0.1) is 26.7 Å². The van der Waals surface area contributed by atoms with E-state index in [1.165, 1.54) is 32.1 Å². The second kappa shape index (κ2) is 13.1. The number of halogens is 3. The number of fused-ring (bicyclic) bond motifs is 1. The van der Waals surface area contributed by atoms with E-state index in [9.17, 15) is 23.2 Å². The van der Waals surface area contributed by atoms with Gasteiger partial charge in [0.1, 0.15) is 23.5 Å². The van der Waals surface area contributed by atoms with E-state index in [-0.39, 0.29) is 5.56 Å². The van der Waals surface area contributed by atoms with Crippen molar-refractivity contribution < 1.29 is 33.1 Å². The molecule has 1 saturated carbocycles. The fourth-order valence-corrected chi connectivity index (χ4v) is 4.78. The Morgan fingerprint density at radius 2 is 1.79 bits per heavy atom. The monoisotopic (exact) mass is 529 g/mol. The first-order valence-corrected chi connectivity index (χ1v) is 12.5. The highest BCUT2D eigenvalue weighted by molar-refractivity contribution is 5.99. The molecule has 1 aliphatic rings. The third-order valence-corrected chi connectivity index (χ3v) is 6.66. The Hall–Kier alpha value is -3.84. The summed E-state index contributed by atoms with van der Waals surface area (Å²) in [7, 11) is 1.61. The maximum atomic E-state index is 13.3. The number of pyridine rings is 1. The summed E-state index contributed by atoms with van der Waals surface area (Å²) in [4.78, 5) is 22.1. The van der Waals surface area contributed by atoms with Gasteiger partial charge < -0.3 is 20.0 Å². The van der Waals surface area contributed by atoms with Crippen LogP contribution in [0.4, 0.5) is 13.2 Å². The van der Waals surface area contributed by atoms with Crippen LogP contribution in [0.1, 0.15) is 37.8 Å². The van der Waals surface area contributed by atoms with Crippen molar-refractivity contribution in [2.24, 2.45) is 5.92 Å². The van der Waals surface area contributed by atoms with Crippen molar-refractivity contribution >= 4 is 16.7 Å². The number of benzene rings is 2. The van der Waals surface area contributed by atoms with Crippen molar-refractivity contribution in [2.75, 3.05) is 20.2 Å². The van der Waals surface area contributed by atoms with Crippen LogP contribution in [0.3, 0.4) is 0 Å². The number of aromatic nitrogens is 1. The van der Waals surface area contributed by atoms with Crippen LogP contribution in [-0.2, 0) is 11.3 Å². The fraction of sp³-hybridized carbons (Fsp3) is 0.393. The lowest BCUT2D eigenvalue weighted by Crippen LogP contribution is -2.86. The predicted molar refractivity (Wildman–Crippen MR) is 134 cm³/mol. The fourth-order valence-electron chi connectivity index (χ4n) is 4.78. The highest BCUT2D eigenvalue weighted by atomic mass is 19.4. The van der Waals surface area contributed by atoms with Crippen LogP contribution < -0.4 is 20.7 Å². The second-order valence-electron chi connectivity index (χ2n) is 9.17. The van der Waals surface area contributed by atoms with E-state index in [1.54, 1.807) is 11.7 Å². The van der Waals surface area contributed by atoms with E-state index >= 15 is 0 Å².